The molecular weight excluding hydrogens is 332 g/mol. The predicted molar refractivity (Wildman–Crippen MR) is 88.9 cm³/mol. The first-order valence-corrected chi connectivity index (χ1v) is 7.57. The van der Waals surface area contributed by atoms with Crippen molar-refractivity contribution in [1.29, 1.82) is 0 Å². The topological polar surface area (TPSA) is 144 Å². The third-order valence-electron chi connectivity index (χ3n) is 3.35. The van der Waals surface area contributed by atoms with E-state index in [0.717, 1.165) is 18.2 Å². The maximum absolute atomic E-state index is 12.2. The van der Waals surface area contributed by atoms with Crippen LogP contribution in [0.2, 0.25) is 0 Å². The third kappa shape index (κ3) is 6.16. The Labute approximate surface area is 143 Å². The average molecular weight is 352 g/mol. The first-order chi connectivity index (χ1) is 11.6. The van der Waals surface area contributed by atoms with Crippen LogP contribution in [-0.2, 0) is 16.0 Å². The van der Waals surface area contributed by atoms with Crippen LogP contribution >= 0.6 is 0 Å². The van der Waals surface area contributed by atoms with Crippen LogP contribution in [0.25, 0.3) is 0 Å². The molecule has 0 saturated carbocycles. The second kappa shape index (κ2) is 8.71. The number of hydrogen-bond acceptors (Lipinski definition) is 6. The molecule has 0 aliphatic heterocycles. The molecule has 0 saturated heterocycles. The van der Waals surface area contributed by atoms with Gasteiger partial charge in [0.1, 0.15) is 6.04 Å². The molecule has 0 aliphatic rings. The molecule has 0 unspecified atom stereocenters. The fourth-order valence-electron chi connectivity index (χ4n) is 2.28. The molecule has 0 heterocycles. The van der Waals surface area contributed by atoms with Gasteiger partial charge in [-0.15, -0.1) is 0 Å². The molecule has 0 bridgehead atoms. The van der Waals surface area contributed by atoms with Crippen molar-refractivity contribution < 1.29 is 19.4 Å². The number of carbonyl (C=O) groups is 2. The molecule has 0 spiro atoms. The molecule has 10 heteroatoms. The number of carbonyl (C=O) groups excluding carboxylic acids is 2. The van der Waals surface area contributed by atoms with Crippen LogP contribution in [0.3, 0.4) is 0 Å². The quantitative estimate of drug-likeness (QED) is 0.533. The van der Waals surface area contributed by atoms with Gasteiger partial charge in [-0.05, 0) is 17.9 Å². The van der Waals surface area contributed by atoms with E-state index < -0.39 is 33.2 Å². The second-order valence-electron chi connectivity index (χ2n) is 5.91. The number of nitro benzene ring substituents is 2. The Balaban J connectivity index is 2.96. The number of amides is 2. The largest absolute Gasteiger partial charge is 0.357 e. The molecule has 0 radical (unpaired) electrons. The molecule has 1 aromatic rings. The highest BCUT2D eigenvalue weighted by Crippen LogP contribution is 2.23. The van der Waals surface area contributed by atoms with Gasteiger partial charge in [0.15, 0.2) is 0 Å². The Bertz CT molecular complexity index is 656. The molecular formula is C15H20N4O6. The molecule has 1 rings (SSSR count). The van der Waals surface area contributed by atoms with Crippen molar-refractivity contribution >= 4 is 23.2 Å². The number of nitrogens with one attached hydrogen (secondary N) is 2. The van der Waals surface area contributed by atoms with Gasteiger partial charge in [-0.1, -0.05) is 13.8 Å². The van der Waals surface area contributed by atoms with Crippen LogP contribution in [0, 0.1) is 26.1 Å². The third-order valence-corrected chi connectivity index (χ3v) is 3.35. The van der Waals surface area contributed by atoms with Gasteiger partial charge >= 0.3 is 0 Å². The lowest BCUT2D eigenvalue weighted by Crippen LogP contribution is -2.46. The average Bonchev–Trinajstić information content (AvgIpc) is 2.52. The fourth-order valence-corrected chi connectivity index (χ4v) is 2.28. The van der Waals surface area contributed by atoms with E-state index in [0.29, 0.717) is 6.42 Å². The van der Waals surface area contributed by atoms with E-state index in [9.17, 15) is 29.8 Å². The van der Waals surface area contributed by atoms with E-state index in [1.807, 2.05) is 13.8 Å². The smallest absolute Gasteiger partial charge is 0.276 e. The summed E-state index contributed by atoms with van der Waals surface area (Å²) in [6.45, 7) is 3.79. The van der Waals surface area contributed by atoms with Gasteiger partial charge in [0.05, 0.1) is 22.3 Å². The zero-order valence-corrected chi connectivity index (χ0v) is 14.1. The molecule has 1 atom stereocenters. The number of benzene rings is 1. The summed E-state index contributed by atoms with van der Waals surface area (Å²) in [7, 11) is 1.45. The highest BCUT2D eigenvalue weighted by atomic mass is 16.6. The summed E-state index contributed by atoms with van der Waals surface area (Å²) in [6.07, 6.45) is 0.106. The SMILES string of the molecule is CNC(=O)[C@@H](CC(C)C)NC(=O)Cc1cc([N+](=O)[O-])cc([N+](=O)[O-])c1. The van der Waals surface area contributed by atoms with Crippen LogP contribution < -0.4 is 10.6 Å². The van der Waals surface area contributed by atoms with Gasteiger partial charge in [0.2, 0.25) is 11.8 Å². The number of nitrogens with zero attached hydrogens (tertiary/aromatic N) is 2. The standard InChI is InChI=1S/C15H20N4O6/c1-9(2)4-13(15(21)16-3)17-14(20)7-10-5-11(18(22)23)8-12(6-10)19(24)25/h5-6,8-9,13H,4,7H2,1-3H3,(H,16,21)(H,17,20)/t13-/m1/s1. The number of non-ortho nitro benzene ring substituents is 2. The second-order valence-corrected chi connectivity index (χ2v) is 5.91. The number of nitro groups is 2. The minimum Gasteiger partial charge on any atom is -0.357 e. The van der Waals surface area contributed by atoms with Crippen molar-refractivity contribution in [2.45, 2.75) is 32.7 Å². The van der Waals surface area contributed by atoms with Gasteiger partial charge in [0.25, 0.3) is 11.4 Å². The lowest BCUT2D eigenvalue weighted by Gasteiger charge is -2.19. The lowest BCUT2D eigenvalue weighted by molar-refractivity contribution is -0.394. The van der Waals surface area contributed by atoms with Crippen LogP contribution in [0.5, 0.6) is 0 Å². The van der Waals surface area contributed by atoms with Gasteiger partial charge in [-0.2, -0.15) is 0 Å². The molecule has 136 valence electrons. The number of likely N-dealkylation sites (N-methyl/N-ethyl adjacent to an activating group) is 1. The normalized spacial score (nSPS) is 11.7. The van der Waals surface area contributed by atoms with Crippen molar-refractivity contribution in [3.8, 4) is 0 Å². The monoisotopic (exact) mass is 352 g/mol. The Hall–Kier alpha value is -3.04. The van der Waals surface area contributed by atoms with Crippen LogP contribution in [0.1, 0.15) is 25.8 Å². The first kappa shape index (κ1) is 20.0. The minimum absolute atomic E-state index is 0.124. The highest BCUT2D eigenvalue weighted by molar-refractivity contribution is 5.88. The van der Waals surface area contributed by atoms with E-state index in [1.165, 1.54) is 7.05 Å². The summed E-state index contributed by atoms with van der Waals surface area (Å²) in [6, 6.07) is 2.28. The first-order valence-electron chi connectivity index (χ1n) is 7.57. The van der Waals surface area contributed by atoms with E-state index in [4.69, 9.17) is 0 Å². The van der Waals surface area contributed by atoms with Gasteiger partial charge in [0, 0.05) is 19.2 Å². The number of hydrogen-bond donors (Lipinski definition) is 2. The summed E-state index contributed by atoms with van der Waals surface area (Å²) in [5.74, 6) is -0.752. The molecule has 1 aromatic carbocycles. The summed E-state index contributed by atoms with van der Waals surface area (Å²) in [4.78, 5) is 44.2. The fraction of sp³-hybridized carbons (Fsp3) is 0.467. The molecule has 0 aromatic heterocycles. The molecule has 0 fully saturated rings. The van der Waals surface area contributed by atoms with Crippen molar-refractivity contribution in [2.75, 3.05) is 7.05 Å². The molecule has 10 nitrogen and oxygen atoms in total. The van der Waals surface area contributed by atoms with Gasteiger partial charge in [-0.25, -0.2) is 0 Å². The van der Waals surface area contributed by atoms with E-state index in [-0.39, 0.29) is 23.8 Å². The van der Waals surface area contributed by atoms with Gasteiger partial charge < -0.3 is 10.6 Å². The Morgan fingerprint density at radius 3 is 2.00 bits per heavy atom. The van der Waals surface area contributed by atoms with Crippen molar-refractivity contribution in [2.24, 2.45) is 5.92 Å². The minimum atomic E-state index is -0.763. The Kier molecular flexibility index (Phi) is 6.97. The predicted octanol–water partition coefficient (Wildman–Crippen LogP) is 1.32. The number of rotatable bonds is 8. The van der Waals surface area contributed by atoms with Gasteiger partial charge in [-0.3, -0.25) is 29.8 Å². The van der Waals surface area contributed by atoms with Crippen molar-refractivity contribution in [1.82, 2.24) is 10.6 Å². The van der Waals surface area contributed by atoms with E-state index in [1.54, 1.807) is 0 Å². The molecule has 2 amide bonds. The summed E-state index contributed by atoms with van der Waals surface area (Å²) in [5.41, 5.74) is -0.817. The van der Waals surface area contributed by atoms with Crippen LogP contribution in [0.15, 0.2) is 18.2 Å². The van der Waals surface area contributed by atoms with Crippen molar-refractivity contribution in [3.63, 3.8) is 0 Å². The summed E-state index contributed by atoms with van der Waals surface area (Å²) >= 11 is 0. The summed E-state index contributed by atoms with van der Waals surface area (Å²) in [5, 5.41) is 26.8. The Morgan fingerprint density at radius 1 is 1.08 bits per heavy atom. The zero-order valence-electron chi connectivity index (χ0n) is 14.1. The zero-order chi connectivity index (χ0) is 19.1. The van der Waals surface area contributed by atoms with E-state index in [2.05, 4.69) is 10.6 Å². The van der Waals surface area contributed by atoms with Crippen molar-refractivity contribution in [3.05, 3.63) is 44.0 Å². The molecule has 0 aliphatic carbocycles. The maximum atomic E-state index is 12.2. The van der Waals surface area contributed by atoms with Crippen LogP contribution in [0.4, 0.5) is 11.4 Å². The molecule has 25 heavy (non-hydrogen) atoms. The summed E-state index contributed by atoms with van der Waals surface area (Å²) < 4.78 is 0. The Morgan fingerprint density at radius 2 is 1.60 bits per heavy atom. The maximum Gasteiger partial charge on any atom is 0.276 e. The van der Waals surface area contributed by atoms with Crippen LogP contribution in [-0.4, -0.2) is 34.8 Å². The lowest BCUT2D eigenvalue weighted by atomic mass is 10.0. The highest BCUT2D eigenvalue weighted by Gasteiger charge is 2.22. The molecule has 2 N–H and O–H groups in total. The van der Waals surface area contributed by atoms with E-state index >= 15 is 0 Å².